The second-order valence-corrected chi connectivity index (χ2v) is 6.45. The van der Waals surface area contributed by atoms with E-state index in [2.05, 4.69) is 36.8 Å². The molecule has 0 saturated heterocycles. The molecule has 1 heterocycles. The van der Waals surface area contributed by atoms with E-state index in [-0.39, 0.29) is 5.82 Å². The third kappa shape index (κ3) is 2.80. The Morgan fingerprint density at radius 1 is 1.10 bits per heavy atom. The monoisotopic (exact) mass is 408 g/mol. The molecule has 0 aliphatic rings. The van der Waals surface area contributed by atoms with E-state index >= 15 is 0 Å². The lowest BCUT2D eigenvalue weighted by Gasteiger charge is -2.10. The normalized spacial score (nSPS) is 10.9. The van der Waals surface area contributed by atoms with E-state index in [1.807, 2.05) is 35.9 Å². The highest BCUT2D eigenvalue weighted by Gasteiger charge is 2.13. The predicted molar refractivity (Wildman–Crippen MR) is 89.1 cm³/mol. The minimum Gasteiger partial charge on any atom is -0.300 e. The van der Waals surface area contributed by atoms with E-state index in [4.69, 9.17) is 0 Å². The van der Waals surface area contributed by atoms with Crippen LogP contribution in [-0.4, -0.2) is 9.55 Å². The average molecular weight is 410 g/mol. The molecule has 3 rings (SSSR count). The van der Waals surface area contributed by atoms with Crippen molar-refractivity contribution in [1.29, 1.82) is 0 Å². The second-order valence-electron chi connectivity index (χ2n) is 4.68. The fourth-order valence-electron chi connectivity index (χ4n) is 2.11. The van der Waals surface area contributed by atoms with Gasteiger partial charge in [0.15, 0.2) is 0 Å². The largest absolute Gasteiger partial charge is 0.300 e. The first-order chi connectivity index (χ1) is 10.1. The van der Waals surface area contributed by atoms with Crippen molar-refractivity contribution >= 4 is 31.9 Å². The maximum absolute atomic E-state index is 14.1. The van der Waals surface area contributed by atoms with Crippen molar-refractivity contribution in [3.8, 4) is 17.1 Å². The Hall–Kier alpha value is -1.46. The summed E-state index contributed by atoms with van der Waals surface area (Å²) in [5.74, 6) is 0.279. The zero-order valence-electron chi connectivity index (χ0n) is 11.1. The first-order valence-corrected chi connectivity index (χ1v) is 7.90. The van der Waals surface area contributed by atoms with Crippen molar-refractivity contribution in [2.75, 3.05) is 0 Å². The summed E-state index contributed by atoms with van der Waals surface area (Å²) in [6, 6.07) is 10.8. The third-order valence-corrected chi connectivity index (χ3v) is 4.59. The molecule has 0 unspecified atom stereocenters. The summed E-state index contributed by atoms with van der Waals surface area (Å²) < 4.78 is 17.8. The number of halogens is 3. The molecule has 3 aromatic rings. The van der Waals surface area contributed by atoms with Crippen molar-refractivity contribution in [1.82, 2.24) is 9.55 Å². The first kappa shape index (κ1) is 14.5. The van der Waals surface area contributed by atoms with Crippen molar-refractivity contribution in [3.63, 3.8) is 0 Å². The fourth-order valence-corrected chi connectivity index (χ4v) is 2.84. The van der Waals surface area contributed by atoms with E-state index in [9.17, 15) is 4.39 Å². The van der Waals surface area contributed by atoms with Crippen molar-refractivity contribution < 1.29 is 4.39 Å². The van der Waals surface area contributed by atoms with Crippen LogP contribution in [0.15, 0.2) is 57.7 Å². The lowest BCUT2D eigenvalue weighted by molar-refractivity contribution is 0.629. The molecule has 0 bridgehead atoms. The number of hydrogen-bond donors (Lipinski definition) is 0. The van der Waals surface area contributed by atoms with Gasteiger partial charge in [0, 0.05) is 27.0 Å². The maximum atomic E-state index is 14.1. The molecule has 0 spiro atoms. The van der Waals surface area contributed by atoms with Crippen LogP contribution in [0.3, 0.4) is 0 Å². The highest BCUT2D eigenvalue weighted by Crippen LogP contribution is 2.28. The molecular weight excluding hydrogens is 399 g/mol. The number of aryl methyl sites for hydroxylation is 1. The topological polar surface area (TPSA) is 17.8 Å². The number of benzene rings is 2. The molecule has 0 saturated carbocycles. The Morgan fingerprint density at radius 2 is 1.90 bits per heavy atom. The number of hydrogen-bond acceptors (Lipinski definition) is 1. The van der Waals surface area contributed by atoms with Gasteiger partial charge >= 0.3 is 0 Å². The fraction of sp³-hybridized carbons (Fsp3) is 0.0625. The molecule has 106 valence electrons. The summed E-state index contributed by atoms with van der Waals surface area (Å²) in [5.41, 5.74) is 2.54. The molecule has 2 aromatic carbocycles. The van der Waals surface area contributed by atoms with E-state index in [1.165, 1.54) is 6.07 Å². The summed E-state index contributed by atoms with van der Waals surface area (Å²) in [7, 11) is 0. The van der Waals surface area contributed by atoms with Gasteiger partial charge in [0.25, 0.3) is 0 Å². The molecule has 0 amide bonds. The number of aromatic nitrogens is 2. The second kappa shape index (κ2) is 5.73. The Morgan fingerprint density at radius 3 is 2.67 bits per heavy atom. The Labute approximate surface area is 138 Å². The van der Waals surface area contributed by atoms with Gasteiger partial charge < -0.3 is 0 Å². The molecule has 21 heavy (non-hydrogen) atoms. The lowest BCUT2D eigenvalue weighted by Crippen LogP contribution is -1.98. The van der Waals surface area contributed by atoms with Crippen molar-refractivity contribution in [3.05, 3.63) is 69.1 Å². The molecule has 2 nitrogen and oxygen atoms in total. The highest BCUT2D eigenvalue weighted by molar-refractivity contribution is 9.10. The molecule has 0 N–H and O–H groups in total. The van der Waals surface area contributed by atoms with Gasteiger partial charge in [-0.1, -0.05) is 37.9 Å². The minimum absolute atomic E-state index is 0.295. The van der Waals surface area contributed by atoms with Crippen LogP contribution in [0.4, 0.5) is 4.39 Å². The zero-order valence-corrected chi connectivity index (χ0v) is 14.3. The quantitative estimate of drug-likeness (QED) is 0.545. The summed E-state index contributed by atoms with van der Waals surface area (Å²) >= 11 is 6.90. The summed E-state index contributed by atoms with van der Waals surface area (Å²) in [6.45, 7) is 2.02. The van der Waals surface area contributed by atoms with Crippen molar-refractivity contribution in [2.24, 2.45) is 0 Å². The van der Waals surface area contributed by atoms with E-state index < -0.39 is 0 Å². The van der Waals surface area contributed by atoms with Crippen LogP contribution in [0.25, 0.3) is 17.1 Å². The van der Waals surface area contributed by atoms with Crippen LogP contribution in [0.1, 0.15) is 5.56 Å². The Balaban J connectivity index is 2.17. The number of rotatable bonds is 2. The molecule has 0 aliphatic heterocycles. The standard InChI is InChI=1S/C16H11Br2FN2/c1-10-2-4-12(9-14(10)18)21-7-6-20-16(21)13-8-11(17)3-5-15(13)19/h2-9H,1H3. The van der Waals surface area contributed by atoms with Crippen molar-refractivity contribution in [2.45, 2.75) is 6.92 Å². The highest BCUT2D eigenvalue weighted by atomic mass is 79.9. The van der Waals surface area contributed by atoms with Gasteiger partial charge in [-0.3, -0.25) is 4.57 Å². The van der Waals surface area contributed by atoms with Crippen LogP contribution in [-0.2, 0) is 0 Å². The van der Waals surface area contributed by atoms with Crippen LogP contribution >= 0.6 is 31.9 Å². The van der Waals surface area contributed by atoms with Crippen LogP contribution in [0.2, 0.25) is 0 Å². The summed E-state index contributed by atoms with van der Waals surface area (Å²) in [6.07, 6.45) is 3.50. The molecule has 0 aliphatic carbocycles. The van der Waals surface area contributed by atoms with Crippen LogP contribution in [0.5, 0.6) is 0 Å². The van der Waals surface area contributed by atoms with Gasteiger partial charge in [0.05, 0.1) is 5.56 Å². The first-order valence-electron chi connectivity index (χ1n) is 6.31. The van der Waals surface area contributed by atoms with Gasteiger partial charge in [0.1, 0.15) is 11.6 Å². The Kier molecular flexibility index (Phi) is 3.95. The lowest BCUT2D eigenvalue weighted by atomic mass is 10.2. The van der Waals surface area contributed by atoms with Gasteiger partial charge in [-0.25, -0.2) is 9.37 Å². The molecule has 1 aromatic heterocycles. The number of nitrogens with zero attached hydrogens (tertiary/aromatic N) is 2. The smallest absolute Gasteiger partial charge is 0.147 e. The van der Waals surface area contributed by atoms with Gasteiger partial charge in [-0.2, -0.15) is 0 Å². The van der Waals surface area contributed by atoms with Crippen LogP contribution in [0, 0.1) is 12.7 Å². The predicted octanol–water partition coefficient (Wildman–Crippen LogP) is 5.51. The third-order valence-electron chi connectivity index (χ3n) is 3.24. The SMILES string of the molecule is Cc1ccc(-n2ccnc2-c2cc(Br)ccc2F)cc1Br. The van der Waals surface area contributed by atoms with Crippen LogP contribution < -0.4 is 0 Å². The Bertz CT molecular complexity index is 812. The average Bonchev–Trinajstić information content (AvgIpc) is 2.93. The molecular formula is C16H11Br2FN2. The minimum atomic E-state index is -0.295. The molecule has 0 fully saturated rings. The number of imidazole rings is 1. The summed E-state index contributed by atoms with van der Waals surface area (Å²) in [5, 5.41) is 0. The van der Waals surface area contributed by atoms with E-state index in [0.717, 1.165) is 20.2 Å². The molecule has 0 atom stereocenters. The van der Waals surface area contributed by atoms with E-state index in [1.54, 1.807) is 18.3 Å². The molecule has 5 heteroatoms. The van der Waals surface area contributed by atoms with E-state index in [0.29, 0.717) is 11.4 Å². The summed E-state index contributed by atoms with van der Waals surface area (Å²) in [4.78, 5) is 4.30. The van der Waals surface area contributed by atoms with Gasteiger partial charge in [-0.05, 0) is 42.8 Å². The van der Waals surface area contributed by atoms with Gasteiger partial charge in [0.2, 0.25) is 0 Å². The zero-order chi connectivity index (χ0) is 15.0. The maximum Gasteiger partial charge on any atom is 0.147 e. The van der Waals surface area contributed by atoms with Gasteiger partial charge in [-0.15, -0.1) is 0 Å². The molecule has 0 radical (unpaired) electrons.